The van der Waals surface area contributed by atoms with Crippen LogP contribution in [0.3, 0.4) is 0 Å². The maximum atomic E-state index is 12.7. The molecule has 1 N–H and O–H groups in total. The minimum Gasteiger partial charge on any atom is -0.465 e. The third kappa shape index (κ3) is 4.58. The first kappa shape index (κ1) is 25.3. The maximum Gasteiger partial charge on any atom is 0.341 e. The van der Waals surface area contributed by atoms with Crippen LogP contribution >= 0.6 is 11.3 Å². The van der Waals surface area contributed by atoms with Crippen molar-refractivity contribution in [2.24, 2.45) is 5.92 Å². The molecule has 38 heavy (non-hydrogen) atoms. The number of esters is 2. The normalized spacial score (nSPS) is 16.1. The van der Waals surface area contributed by atoms with Gasteiger partial charge in [0, 0.05) is 4.88 Å². The number of benzene rings is 2. The summed E-state index contributed by atoms with van der Waals surface area (Å²) in [7, 11) is 1.30. The number of anilines is 2. The van der Waals surface area contributed by atoms with Crippen LogP contribution in [-0.2, 0) is 27.1 Å². The Labute approximate surface area is 222 Å². The quantitative estimate of drug-likeness (QED) is 0.372. The molecule has 2 heterocycles. The van der Waals surface area contributed by atoms with Crippen LogP contribution in [-0.4, -0.2) is 43.4 Å². The molecule has 0 fully saturated rings. The number of hydrogen-bond acceptors (Lipinski definition) is 8. The lowest BCUT2D eigenvalue weighted by molar-refractivity contribution is -0.119. The molecule has 5 rings (SSSR count). The van der Waals surface area contributed by atoms with Crippen molar-refractivity contribution in [3.8, 4) is 0 Å². The fourth-order valence-electron chi connectivity index (χ4n) is 4.70. The molecule has 194 valence electrons. The first-order valence-corrected chi connectivity index (χ1v) is 12.9. The summed E-state index contributed by atoms with van der Waals surface area (Å²) in [6.07, 6.45) is 2.51. The second-order valence-electron chi connectivity index (χ2n) is 9.21. The molecule has 9 nitrogen and oxygen atoms in total. The van der Waals surface area contributed by atoms with Crippen molar-refractivity contribution in [3.05, 3.63) is 81.2 Å². The number of amides is 3. The monoisotopic (exact) mass is 532 g/mol. The standard InChI is InChI=1S/C28H24N2O7S/c1-15-7-12-20-21(13-15)38-24(23(20)28(35)36-2)29-22(31)14-37-27(34)16-8-10-17(11-9-16)30-25(32)18-5-3-4-6-19(18)26(30)33/h3-6,8-11,15H,7,12-14H2,1-2H3,(H,29,31). The maximum absolute atomic E-state index is 12.7. The highest BCUT2D eigenvalue weighted by atomic mass is 32.1. The fraction of sp³-hybridized carbons (Fsp3) is 0.250. The molecule has 0 saturated heterocycles. The van der Waals surface area contributed by atoms with Gasteiger partial charge in [0.2, 0.25) is 0 Å². The average Bonchev–Trinajstić information content (AvgIpc) is 3.40. The Balaban J connectivity index is 1.23. The summed E-state index contributed by atoms with van der Waals surface area (Å²) < 4.78 is 10.1. The van der Waals surface area contributed by atoms with Crippen molar-refractivity contribution in [1.29, 1.82) is 0 Å². The summed E-state index contributed by atoms with van der Waals surface area (Å²) in [6, 6.07) is 12.3. The zero-order valence-corrected chi connectivity index (χ0v) is 21.6. The number of carbonyl (C=O) groups excluding carboxylic acids is 5. The summed E-state index contributed by atoms with van der Waals surface area (Å²) in [5, 5.41) is 3.08. The number of methoxy groups -OCH3 is 1. The van der Waals surface area contributed by atoms with E-state index in [4.69, 9.17) is 9.47 Å². The zero-order chi connectivity index (χ0) is 27.0. The molecule has 1 unspecified atom stereocenters. The number of rotatable bonds is 6. The van der Waals surface area contributed by atoms with E-state index in [0.29, 0.717) is 33.3 Å². The van der Waals surface area contributed by atoms with Gasteiger partial charge in [-0.05, 0) is 67.1 Å². The van der Waals surface area contributed by atoms with Crippen LogP contribution in [0.4, 0.5) is 10.7 Å². The first-order valence-electron chi connectivity index (χ1n) is 12.1. The third-order valence-electron chi connectivity index (χ3n) is 6.64. The highest BCUT2D eigenvalue weighted by molar-refractivity contribution is 7.17. The van der Waals surface area contributed by atoms with Crippen molar-refractivity contribution < 1.29 is 33.4 Å². The molecule has 0 spiro atoms. The van der Waals surface area contributed by atoms with Crippen molar-refractivity contribution in [3.63, 3.8) is 0 Å². The largest absolute Gasteiger partial charge is 0.465 e. The van der Waals surface area contributed by atoms with Crippen molar-refractivity contribution in [2.75, 3.05) is 23.9 Å². The lowest BCUT2D eigenvalue weighted by atomic mass is 9.88. The van der Waals surface area contributed by atoms with E-state index in [2.05, 4.69) is 12.2 Å². The SMILES string of the molecule is COC(=O)c1c(NC(=O)COC(=O)c2ccc(N3C(=O)c4ccccc4C3=O)cc2)sc2c1CCC(C)C2. The van der Waals surface area contributed by atoms with Gasteiger partial charge in [-0.25, -0.2) is 14.5 Å². The highest BCUT2D eigenvalue weighted by Crippen LogP contribution is 2.40. The minimum absolute atomic E-state index is 0.147. The number of fused-ring (bicyclic) bond motifs is 2. The van der Waals surface area contributed by atoms with E-state index >= 15 is 0 Å². The van der Waals surface area contributed by atoms with Crippen LogP contribution in [0.5, 0.6) is 0 Å². The molecule has 10 heteroatoms. The number of imide groups is 1. The molecule has 3 aromatic rings. The summed E-state index contributed by atoms with van der Waals surface area (Å²) in [6.45, 7) is 1.59. The molecule has 3 amide bonds. The Hall–Kier alpha value is -4.31. The van der Waals surface area contributed by atoms with Crippen molar-refractivity contribution in [1.82, 2.24) is 0 Å². The number of ether oxygens (including phenoxy) is 2. The van der Waals surface area contributed by atoms with Gasteiger partial charge in [-0.2, -0.15) is 0 Å². The lowest BCUT2D eigenvalue weighted by Crippen LogP contribution is -2.29. The molecule has 1 aliphatic carbocycles. The van der Waals surface area contributed by atoms with Gasteiger partial charge in [-0.3, -0.25) is 14.4 Å². The summed E-state index contributed by atoms with van der Waals surface area (Å²) in [4.78, 5) is 65.0. The smallest absolute Gasteiger partial charge is 0.341 e. The summed E-state index contributed by atoms with van der Waals surface area (Å²) in [5.74, 6) is -2.23. The first-order chi connectivity index (χ1) is 18.3. The van der Waals surface area contributed by atoms with Crippen LogP contribution in [0.15, 0.2) is 48.5 Å². The Bertz CT molecular complexity index is 1440. The molecule has 0 radical (unpaired) electrons. The number of nitrogens with zero attached hydrogens (tertiary/aromatic N) is 1. The van der Waals surface area contributed by atoms with Crippen molar-refractivity contribution in [2.45, 2.75) is 26.2 Å². The fourth-order valence-corrected chi connectivity index (χ4v) is 6.12. The van der Waals surface area contributed by atoms with Gasteiger partial charge in [-0.15, -0.1) is 11.3 Å². The van der Waals surface area contributed by atoms with Gasteiger partial charge in [0.25, 0.3) is 17.7 Å². The Morgan fingerprint density at radius 2 is 1.66 bits per heavy atom. The van der Waals surface area contributed by atoms with Gasteiger partial charge in [0.15, 0.2) is 6.61 Å². The molecular formula is C28H24N2O7S. The van der Waals surface area contributed by atoms with Crippen LogP contribution in [0.1, 0.15) is 65.2 Å². The van der Waals surface area contributed by atoms with Crippen LogP contribution in [0.25, 0.3) is 0 Å². The van der Waals surface area contributed by atoms with Crippen molar-refractivity contribution >= 4 is 51.7 Å². The van der Waals surface area contributed by atoms with Crippen LogP contribution in [0.2, 0.25) is 0 Å². The van der Waals surface area contributed by atoms with Gasteiger partial charge >= 0.3 is 11.9 Å². The number of thiophene rings is 1. The molecule has 2 aliphatic rings. The van der Waals surface area contributed by atoms with E-state index in [1.54, 1.807) is 24.3 Å². The molecule has 0 bridgehead atoms. The van der Waals surface area contributed by atoms with E-state index < -0.39 is 36.3 Å². The van der Waals surface area contributed by atoms with Gasteiger partial charge in [-0.1, -0.05) is 19.1 Å². The van der Waals surface area contributed by atoms with Crippen LogP contribution < -0.4 is 10.2 Å². The Morgan fingerprint density at radius 1 is 1.00 bits per heavy atom. The lowest BCUT2D eigenvalue weighted by Gasteiger charge is -2.18. The third-order valence-corrected chi connectivity index (χ3v) is 7.81. The molecular weight excluding hydrogens is 508 g/mol. The van der Waals surface area contributed by atoms with E-state index in [9.17, 15) is 24.0 Å². The number of carbonyl (C=O) groups is 5. The summed E-state index contributed by atoms with van der Waals surface area (Å²) >= 11 is 1.34. The molecule has 2 aromatic carbocycles. The predicted molar refractivity (Wildman–Crippen MR) is 140 cm³/mol. The van der Waals surface area contributed by atoms with Gasteiger partial charge < -0.3 is 14.8 Å². The topological polar surface area (TPSA) is 119 Å². The van der Waals surface area contributed by atoms with E-state index in [0.717, 1.165) is 34.6 Å². The van der Waals surface area contributed by atoms with E-state index in [1.165, 1.54) is 42.7 Å². The zero-order valence-electron chi connectivity index (χ0n) is 20.7. The predicted octanol–water partition coefficient (Wildman–Crippen LogP) is 4.26. The van der Waals surface area contributed by atoms with Gasteiger partial charge in [0.1, 0.15) is 5.00 Å². The second-order valence-corrected chi connectivity index (χ2v) is 10.3. The Kier molecular flexibility index (Phi) is 6.81. The Morgan fingerprint density at radius 3 is 2.29 bits per heavy atom. The highest BCUT2D eigenvalue weighted by Gasteiger charge is 2.36. The minimum atomic E-state index is -0.749. The molecule has 1 atom stereocenters. The van der Waals surface area contributed by atoms with Crippen LogP contribution in [0, 0.1) is 5.92 Å². The second kappa shape index (κ2) is 10.2. The number of hydrogen-bond donors (Lipinski definition) is 1. The number of nitrogens with one attached hydrogen (secondary N) is 1. The molecule has 0 saturated carbocycles. The van der Waals surface area contributed by atoms with E-state index in [1.807, 2.05) is 0 Å². The molecule has 1 aromatic heterocycles. The van der Waals surface area contributed by atoms with Gasteiger partial charge in [0.05, 0.1) is 35.1 Å². The summed E-state index contributed by atoms with van der Waals surface area (Å²) in [5.41, 5.74) is 2.38. The van der Waals surface area contributed by atoms with E-state index in [-0.39, 0.29) is 5.56 Å². The molecule has 1 aliphatic heterocycles. The average molecular weight is 533 g/mol.